The van der Waals surface area contributed by atoms with Crippen LogP contribution in [-0.4, -0.2) is 15.0 Å². The highest BCUT2D eigenvalue weighted by Gasteiger charge is 2.01. The van der Waals surface area contributed by atoms with Crippen LogP contribution in [0.4, 0.5) is 5.82 Å². The summed E-state index contributed by atoms with van der Waals surface area (Å²) < 4.78 is 0. The van der Waals surface area contributed by atoms with E-state index in [0.29, 0.717) is 6.54 Å². The molecule has 0 unspecified atom stereocenters. The Morgan fingerprint density at radius 1 is 1.19 bits per heavy atom. The maximum atomic E-state index is 4.40. The largest absolute Gasteiger partial charge is 0.362 e. The number of hydrogen-bond donors (Lipinski definition) is 1. The summed E-state index contributed by atoms with van der Waals surface area (Å²) in [5.74, 6) is 0.802. The first kappa shape index (κ1) is 11.0. The molecule has 1 N–H and O–H groups in total. The predicted octanol–water partition coefficient (Wildman–Crippen LogP) is 2.47. The van der Waals surface area contributed by atoms with E-state index in [1.165, 1.54) is 0 Å². The van der Waals surface area contributed by atoms with Crippen molar-refractivity contribution >= 4 is 17.2 Å². The Morgan fingerprint density at radius 3 is 2.62 bits per heavy atom. The molecule has 4 nitrogen and oxygen atoms in total. The highest BCUT2D eigenvalue weighted by atomic mass is 32.1. The minimum absolute atomic E-state index is 0.704. The third-order valence-electron chi connectivity index (χ3n) is 2.28. The molecule has 0 saturated carbocycles. The molecule has 0 atom stereocenters. The number of thiazole rings is 1. The first-order valence-corrected chi connectivity index (χ1v) is 5.98. The van der Waals surface area contributed by atoms with Gasteiger partial charge in [-0.05, 0) is 20.8 Å². The van der Waals surface area contributed by atoms with Gasteiger partial charge < -0.3 is 5.32 Å². The van der Waals surface area contributed by atoms with Gasteiger partial charge in [-0.15, -0.1) is 11.3 Å². The molecule has 0 spiro atoms. The maximum Gasteiger partial charge on any atom is 0.145 e. The monoisotopic (exact) mass is 234 g/mol. The smallest absolute Gasteiger partial charge is 0.145 e. The van der Waals surface area contributed by atoms with E-state index in [9.17, 15) is 0 Å². The van der Waals surface area contributed by atoms with Crippen molar-refractivity contribution in [2.24, 2.45) is 0 Å². The summed E-state index contributed by atoms with van der Waals surface area (Å²) in [5, 5.41) is 6.33. The molecular formula is C11H14N4S. The lowest BCUT2D eigenvalue weighted by Crippen LogP contribution is -2.03. The van der Waals surface area contributed by atoms with Gasteiger partial charge in [-0.25, -0.2) is 9.97 Å². The zero-order valence-electron chi connectivity index (χ0n) is 9.61. The van der Waals surface area contributed by atoms with Crippen LogP contribution in [0.1, 0.15) is 22.1 Å². The molecule has 0 amide bonds. The number of hydrogen-bond acceptors (Lipinski definition) is 5. The van der Waals surface area contributed by atoms with Gasteiger partial charge in [0, 0.05) is 11.1 Å². The van der Waals surface area contributed by atoms with Crippen molar-refractivity contribution in [1.82, 2.24) is 15.0 Å². The van der Waals surface area contributed by atoms with Crippen LogP contribution in [-0.2, 0) is 6.54 Å². The molecule has 2 heterocycles. The van der Waals surface area contributed by atoms with Gasteiger partial charge in [0.2, 0.25) is 0 Å². The molecule has 16 heavy (non-hydrogen) atoms. The van der Waals surface area contributed by atoms with Crippen molar-refractivity contribution in [3.8, 4) is 0 Å². The quantitative estimate of drug-likeness (QED) is 0.886. The Hall–Kier alpha value is -1.49. The summed E-state index contributed by atoms with van der Waals surface area (Å²) in [6.45, 7) is 6.61. The van der Waals surface area contributed by atoms with E-state index in [1.54, 1.807) is 17.5 Å². The van der Waals surface area contributed by atoms with Gasteiger partial charge in [-0.2, -0.15) is 0 Å². The van der Waals surface area contributed by atoms with E-state index in [2.05, 4.69) is 20.3 Å². The lowest BCUT2D eigenvalue weighted by molar-refractivity contribution is 1.00. The molecule has 5 heteroatoms. The van der Waals surface area contributed by atoms with Crippen LogP contribution < -0.4 is 5.32 Å². The Morgan fingerprint density at radius 2 is 2.00 bits per heavy atom. The summed E-state index contributed by atoms with van der Waals surface area (Å²) in [5.41, 5.74) is 2.99. The van der Waals surface area contributed by atoms with Gasteiger partial charge in [-0.1, -0.05) is 0 Å². The highest BCUT2D eigenvalue weighted by molar-refractivity contribution is 7.09. The third-order valence-corrected chi connectivity index (χ3v) is 3.25. The van der Waals surface area contributed by atoms with Gasteiger partial charge in [-0.3, -0.25) is 4.98 Å². The van der Waals surface area contributed by atoms with Crippen molar-refractivity contribution in [2.75, 3.05) is 5.32 Å². The fourth-order valence-corrected chi connectivity index (χ4v) is 1.99. The first-order valence-electron chi connectivity index (χ1n) is 5.10. The topological polar surface area (TPSA) is 50.7 Å². The minimum Gasteiger partial charge on any atom is -0.362 e. The van der Waals surface area contributed by atoms with Gasteiger partial charge in [0.25, 0.3) is 0 Å². The van der Waals surface area contributed by atoms with Crippen LogP contribution in [0.2, 0.25) is 0 Å². The third kappa shape index (κ3) is 2.55. The van der Waals surface area contributed by atoms with Crippen LogP contribution in [0.15, 0.2) is 11.6 Å². The zero-order valence-corrected chi connectivity index (χ0v) is 10.4. The average Bonchev–Trinajstić information content (AvgIpc) is 2.66. The highest BCUT2D eigenvalue weighted by Crippen LogP contribution is 2.11. The second kappa shape index (κ2) is 4.57. The molecule has 0 aliphatic rings. The first-order chi connectivity index (χ1) is 7.65. The zero-order chi connectivity index (χ0) is 11.5. The van der Waals surface area contributed by atoms with Crippen molar-refractivity contribution in [1.29, 1.82) is 0 Å². The summed E-state index contributed by atoms with van der Waals surface area (Å²) in [6.07, 6.45) is 1.75. The SMILES string of the molecule is Cc1csc(CNc2cnc(C)c(C)n2)n1. The summed E-state index contributed by atoms with van der Waals surface area (Å²) in [4.78, 5) is 13.0. The summed E-state index contributed by atoms with van der Waals surface area (Å²) in [6, 6.07) is 0. The molecule has 0 saturated heterocycles. The van der Waals surface area contributed by atoms with E-state index in [1.807, 2.05) is 26.2 Å². The van der Waals surface area contributed by atoms with Gasteiger partial charge in [0.15, 0.2) is 0 Å². The molecule has 2 aromatic rings. The van der Waals surface area contributed by atoms with Crippen molar-refractivity contribution in [3.05, 3.63) is 33.7 Å². The number of anilines is 1. The molecule has 84 valence electrons. The molecule has 0 fully saturated rings. The van der Waals surface area contributed by atoms with E-state index in [4.69, 9.17) is 0 Å². The lowest BCUT2D eigenvalue weighted by Gasteiger charge is -2.04. The van der Waals surface area contributed by atoms with Crippen molar-refractivity contribution < 1.29 is 0 Å². The van der Waals surface area contributed by atoms with Crippen LogP contribution in [0, 0.1) is 20.8 Å². The number of nitrogens with one attached hydrogen (secondary N) is 1. The Balaban J connectivity index is 2.02. The Labute approximate surface area is 98.8 Å². The van der Waals surface area contributed by atoms with E-state index in [0.717, 1.165) is 27.9 Å². The summed E-state index contributed by atoms with van der Waals surface area (Å²) >= 11 is 1.65. The number of rotatable bonds is 3. The lowest BCUT2D eigenvalue weighted by atomic mass is 10.3. The van der Waals surface area contributed by atoms with E-state index >= 15 is 0 Å². The molecule has 0 radical (unpaired) electrons. The molecular weight excluding hydrogens is 220 g/mol. The number of aromatic nitrogens is 3. The van der Waals surface area contributed by atoms with Crippen LogP contribution in [0.5, 0.6) is 0 Å². The van der Waals surface area contributed by atoms with Crippen LogP contribution in [0.25, 0.3) is 0 Å². The van der Waals surface area contributed by atoms with Crippen molar-refractivity contribution in [2.45, 2.75) is 27.3 Å². The fourth-order valence-electron chi connectivity index (χ4n) is 1.28. The number of nitrogens with zero attached hydrogens (tertiary/aromatic N) is 3. The Kier molecular flexibility index (Phi) is 3.14. The standard InChI is InChI=1S/C11H14N4S/c1-7-6-16-11(14-7)5-13-10-4-12-8(2)9(3)15-10/h4,6H,5H2,1-3H3,(H,13,15). The predicted molar refractivity (Wildman–Crippen MR) is 65.7 cm³/mol. The molecule has 0 aliphatic carbocycles. The van der Waals surface area contributed by atoms with Crippen molar-refractivity contribution in [3.63, 3.8) is 0 Å². The molecule has 0 bridgehead atoms. The maximum absolute atomic E-state index is 4.40. The van der Waals surface area contributed by atoms with Crippen LogP contribution >= 0.6 is 11.3 Å². The Bertz CT molecular complexity index is 492. The molecule has 0 aromatic carbocycles. The molecule has 2 aromatic heterocycles. The molecule has 2 rings (SSSR count). The fraction of sp³-hybridized carbons (Fsp3) is 0.364. The average molecular weight is 234 g/mol. The number of aryl methyl sites for hydroxylation is 3. The second-order valence-electron chi connectivity index (χ2n) is 3.66. The molecule has 0 aliphatic heterocycles. The second-order valence-corrected chi connectivity index (χ2v) is 4.60. The van der Waals surface area contributed by atoms with E-state index < -0.39 is 0 Å². The van der Waals surface area contributed by atoms with E-state index in [-0.39, 0.29) is 0 Å². The van der Waals surface area contributed by atoms with Gasteiger partial charge in [0.05, 0.1) is 24.1 Å². The van der Waals surface area contributed by atoms with Crippen LogP contribution in [0.3, 0.4) is 0 Å². The minimum atomic E-state index is 0.704. The van der Waals surface area contributed by atoms with Gasteiger partial charge >= 0.3 is 0 Å². The van der Waals surface area contributed by atoms with Gasteiger partial charge in [0.1, 0.15) is 10.8 Å². The summed E-state index contributed by atoms with van der Waals surface area (Å²) in [7, 11) is 0. The normalized spacial score (nSPS) is 10.4.